The first-order valence-corrected chi connectivity index (χ1v) is 9.02. The molecule has 2 aromatic heterocycles. The molecule has 2 bridgehead atoms. The molecule has 25 heavy (non-hydrogen) atoms. The highest BCUT2D eigenvalue weighted by molar-refractivity contribution is 6.01. The average Bonchev–Trinajstić information content (AvgIpc) is 3.35. The fourth-order valence-electron chi connectivity index (χ4n) is 4.85. The predicted octanol–water partition coefficient (Wildman–Crippen LogP) is 2.01. The monoisotopic (exact) mass is 344 g/mol. The molecule has 2 saturated heterocycles. The fraction of sp³-hybridized carbons (Fsp3) is 0.611. The molecule has 7 heteroatoms. The van der Waals surface area contributed by atoms with E-state index in [4.69, 9.17) is 4.74 Å². The molecular formula is C18H24N4O3. The Kier molecular flexibility index (Phi) is 3.63. The van der Waals surface area contributed by atoms with Crippen molar-refractivity contribution < 1.29 is 14.3 Å². The maximum Gasteiger partial charge on any atom is 0.314 e. The molecule has 7 nitrogen and oxygen atoms in total. The van der Waals surface area contributed by atoms with Gasteiger partial charge in [0.2, 0.25) is 0 Å². The molecule has 0 aromatic carbocycles. The summed E-state index contributed by atoms with van der Waals surface area (Å²) in [6, 6.07) is 0.0290. The largest absolute Gasteiger partial charge is 0.466 e. The van der Waals surface area contributed by atoms with Gasteiger partial charge in [-0.05, 0) is 32.6 Å². The van der Waals surface area contributed by atoms with Gasteiger partial charge in [0.15, 0.2) is 0 Å². The Morgan fingerprint density at radius 3 is 2.84 bits per heavy atom. The maximum atomic E-state index is 13.3. The van der Waals surface area contributed by atoms with Gasteiger partial charge in [0, 0.05) is 31.5 Å². The number of nitrogens with zero attached hydrogens (tertiary/aromatic N) is 4. The Hall–Kier alpha value is -2.31. The van der Waals surface area contributed by atoms with Crippen LogP contribution in [0.5, 0.6) is 0 Å². The van der Waals surface area contributed by atoms with E-state index in [1.165, 1.54) is 0 Å². The SMILES string of the molecule is CCOC(=O)[C@@]1(CC)C[C@H]2CC[C@@H]1N2C(=O)c1cnn2ccn(C)c12. The van der Waals surface area contributed by atoms with Gasteiger partial charge in [0.05, 0.1) is 18.2 Å². The van der Waals surface area contributed by atoms with E-state index < -0.39 is 5.41 Å². The molecule has 2 aliphatic rings. The van der Waals surface area contributed by atoms with Gasteiger partial charge in [-0.1, -0.05) is 6.92 Å². The number of hydrogen-bond donors (Lipinski definition) is 0. The number of aromatic nitrogens is 3. The summed E-state index contributed by atoms with van der Waals surface area (Å²) >= 11 is 0. The van der Waals surface area contributed by atoms with Gasteiger partial charge in [0.1, 0.15) is 11.2 Å². The Bertz CT molecular complexity index is 839. The molecule has 0 unspecified atom stereocenters. The van der Waals surface area contributed by atoms with Crippen molar-refractivity contribution in [3.05, 3.63) is 24.2 Å². The first kappa shape index (κ1) is 16.2. The smallest absolute Gasteiger partial charge is 0.314 e. The number of rotatable bonds is 4. The summed E-state index contributed by atoms with van der Waals surface area (Å²) in [6.07, 6.45) is 8.57. The number of amides is 1. The van der Waals surface area contributed by atoms with Crippen LogP contribution in [0, 0.1) is 5.41 Å². The van der Waals surface area contributed by atoms with Crippen LogP contribution in [0.4, 0.5) is 0 Å². The highest BCUT2D eigenvalue weighted by Crippen LogP contribution is 2.53. The molecule has 0 aliphatic carbocycles. The van der Waals surface area contributed by atoms with Gasteiger partial charge in [0.25, 0.3) is 5.91 Å². The molecule has 3 atom stereocenters. The van der Waals surface area contributed by atoms with Crippen molar-refractivity contribution in [3.63, 3.8) is 0 Å². The minimum atomic E-state index is -0.560. The highest BCUT2D eigenvalue weighted by Gasteiger charge is 2.61. The molecule has 2 fully saturated rings. The van der Waals surface area contributed by atoms with Crippen LogP contribution in [0.3, 0.4) is 0 Å². The molecule has 4 rings (SSSR count). The van der Waals surface area contributed by atoms with E-state index in [0.717, 1.165) is 18.5 Å². The summed E-state index contributed by atoms with van der Waals surface area (Å²) in [4.78, 5) is 27.9. The lowest BCUT2D eigenvalue weighted by molar-refractivity contribution is -0.157. The second-order valence-electron chi connectivity index (χ2n) is 7.13. The van der Waals surface area contributed by atoms with E-state index >= 15 is 0 Å². The van der Waals surface area contributed by atoms with Gasteiger partial charge in [-0.25, -0.2) is 4.52 Å². The molecule has 0 spiro atoms. The first-order valence-electron chi connectivity index (χ1n) is 9.02. The molecule has 4 heterocycles. The number of hydrogen-bond acceptors (Lipinski definition) is 4. The average molecular weight is 344 g/mol. The van der Waals surface area contributed by atoms with E-state index in [0.29, 0.717) is 25.0 Å². The number of fused-ring (bicyclic) bond motifs is 3. The van der Waals surface area contributed by atoms with Gasteiger partial charge in [-0.3, -0.25) is 9.59 Å². The van der Waals surface area contributed by atoms with Crippen LogP contribution in [0.2, 0.25) is 0 Å². The van der Waals surface area contributed by atoms with Gasteiger partial charge < -0.3 is 14.2 Å². The number of imidazole rings is 1. The van der Waals surface area contributed by atoms with Crippen LogP contribution in [-0.4, -0.2) is 49.6 Å². The van der Waals surface area contributed by atoms with Crippen molar-refractivity contribution in [2.45, 2.75) is 51.6 Å². The van der Waals surface area contributed by atoms with Crippen LogP contribution < -0.4 is 0 Å². The molecule has 1 amide bonds. The Labute approximate surface area is 146 Å². The number of aryl methyl sites for hydroxylation is 1. The summed E-state index contributed by atoms with van der Waals surface area (Å²) < 4.78 is 8.98. The molecule has 0 saturated carbocycles. The Balaban J connectivity index is 1.71. The van der Waals surface area contributed by atoms with Crippen LogP contribution >= 0.6 is 0 Å². The Morgan fingerprint density at radius 1 is 1.32 bits per heavy atom. The van der Waals surface area contributed by atoms with Gasteiger partial charge in [-0.2, -0.15) is 5.10 Å². The van der Waals surface area contributed by atoms with Crippen molar-refractivity contribution >= 4 is 17.5 Å². The van der Waals surface area contributed by atoms with E-state index in [-0.39, 0.29) is 24.0 Å². The quantitative estimate of drug-likeness (QED) is 0.796. The lowest BCUT2D eigenvalue weighted by Gasteiger charge is -2.34. The van der Waals surface area contributed by atoms with Crippen molar-refractivity contribution in [3.8, 4) is 0 Å². The summed E-state index contributed by atoms with van der Waals surface area (Å²) in [7, 11) is 1.90. The third-order valence-electron chi connectivity index (χ3n) is 6.05. The number of ether oxygens (including phenoxy) is 1. The van der Waals surface area contributed by atoms with Crippen molar-refractivity contribution in [1.82, 2.24) is 19.1 Å². The second-order valence-corrected chi connectivity index (χ2v) is 7.13. The van der Waals surface area contributed by atoms with E-state index in [2.05, 4.69) is 5.10 Å². The van der Waals surface area contributed by atoms with Crippen LogP contribution in [-0.2, 0) is 16.6 Å². The van der Waals surface area contributed by atoms with Crippen LogP contribution in [0.25, 0.3) is 5.65 Å². The lowest BCUT2D eigenvalue weighted by Crippen LogP contribution is -2.45. The molecule has 2 aromatic rings. The fourth-order valence-corrected chi connectivity index (χ4v) is 4.85. The number of carbonyl (C=O) groups excluding carboxylic acids is 2. The zero-order chi connectivity index (χ0) is 17.8. The number of esters is 1. The predicted molar refractivity (Wildman–Crippen MR) is 91.1 cm³/mol. The van der Waals surface area contributed by atoms with Gasteiger partial charge in [-0.15, -0.1) is 0 Å². The lowest BCUT2D eigenvalue weighted by atomic mass is 9.72. The van der Waals surface area contributed by atoms with Crippen LogP contribution in [0.1, 0.15) is 49.9 Å². The minimum absolute atomic E-state index is 0.0241. The summed E-state index contributed by atoms with van der Waals surface area (Å²) in [6.45, 7) is 4.23. The standard InChI is InChI=1S/C18H24N4O3/c1-4-18(17(24)25-5-2)10-12-6-7-14(18)22(12)16(23)13-11-19-21-9-8-20(3)15(13)21/h8-9,11-12,14H,4-7,10H2,1-3H3/t12-,14+,18+/m1/s1. The first-order chi connectivity index (χ1) is 12.0. The third kappa shape index (κ3) is 2.07. The summed E-state index contributed by atoms with van der Waals surface area (Å²) in [5.74, 6) is -0.176. The van der Waals surface area contributed by atoms with Crippen molar-refractivity contribution in [2.24, 2.45) is 12.5 Å². The van der Waals surface area contributed by atoms with E-state index in [9.17, 15) is 9.59 Å². The Morgan fingerprint density at radius 2 is 2.12 bits per heavy atom. The summed E-state index contributed by atoms with van der Waals surface area (Å²) in [5, 5.41) is 4.28. The van der Waals surface area contributed by atoms with Crippen molar-refractivity contribution in [1.29, 1.82) is 0 Å². The zero-order valence-corrected chi connectivity index (χ0v) is 14.9. The maximum absolute atomic E-state index is 13.3. The summed E-state index contributed by atoms with van der Waals surface area (Å²) in [5.41, 5.74) is 0.824. The molecule has 0 N–H and O–H groups in total. The van der Waals surface area contributed by atoms with E-state index in [1.807, 2.05) is 42.8 Å². The zero-order valence-electron chi connectivity index (χ0n) is 14.9. The molecule has 2 aliphatic heterocycles. The molecule has 134 valence electrons. The van der Waals surface area contributed by atoms with Crippen LogP contribution in [0.15, 0.2) is 18.6 Å². The molecule has 0 radical (unpaired) electrons. The second kappa shape index (κ2) is 5.61. The topological polar surface area (TPSA) is 68.8 Å². The highest BCUT2D eigenvalue weighted by atomic mass is 16.5. The minimum Gasteiger partial charge on any atom is -0.466 e. The third-order valence-corrected chi connectivity index (χ3v) is 6.05. The normalized spacial score (nSPS) is 28.0. The van der Waals surface area contributed by atoms with Crippen molar-refractivity contribution in [2.75, 3.05) is 6.61 Å². The van der Waals surface area contributed by atoms with Gasteiger partial charge >= 0.3 is 5.97 Å². The van der Waals surface area contributed by atoms with E-state index in [1.54, 1.807) is 10.7 Å². The number of carbonyl (C=O) groups is 2. The molecular weight excluding hydrogens is 320 g/mol.